The Balaban J connectivity index is 1.44. The van der Waals surface area contributed by atoms with Gasteiger partial charge in [0.05, 0.1) is 24.4 Å². The number of aryl methyl sites for hydroxylation is 1. The molecule has 1 aromatic heterocycles. The topological polar surface area (TPSA) is 67.3 Å². The Morgan fingerprint density at radius 2 is 1.94 bits per heavy atom. The lowest BCUT2D eigenvalue weighted by atomic mass is 9.97. The van der Waals surface area contributed by atoms with E-state index in [1.807, 2.05) is 61.5 Å². The van der Waals surface area contributed by atoms with Crippen molar-refractivity contribution in [1.29, 1.82) is 0 Å². The zero-order valence-electron chi connectivity index (χ0n) is 17.6. The number of nitrogens with one attached hydrogen (secondary N) is 1. The third-order valence-electron chi connectivity index (χ3n) is 5.52. The van der Waals surface area contributed by atoms with Gasteiger partial charge in [-0.3, -0.25) is 4.79 Å². The zero-order chi connectivity index (χ0) is 21.8. The van der Waals surface area contributed by atoms with E-state index >= 15 is 0 Å². The van der Waals surface area contributed by atoms with Crippen LogP contribution in [0.1, 0.15) is 18.4 Å². The summed E-state index contributed by atoms with van der Waals surface area (Å²) in [4.78, 5) is 15.1. The minimum atomic E-state index is -0.128. The monoisotopic (exact) mass is 436 g/mol. The van der Waals surface area contributed by atoms with Gasteiger partial charge in [0.1, 0.15) is 5.75 Å². The van der Waals surface area contributed by atoms with Gasteiger partial charge in [-0.25, -0.2) is 0 Å². The van der Waals surface area contributed by atoms with Crippen LogP contribution in [0.15, 0.2) is 54.6 Å². The summed E-state index contributed by atoms with van der Waals surface area (Å²) in [6.45, 7) is 3.45. The largest absolute Gasteiger partial charge is 0.495 e. The first kappa shape index (κ1) is 21.1. The summed E-state index contributed by atoms with van der Waals surface area (Å²) in [7, 11) is 1.61. The number of methoxy groups -OCH3 is 1. The van der Waals surface area contributed by atoms with Crippen LogP contribution in [-0.2, 0) is 4.79 Å². The second-order valence-corrected chi connectivity index (χ2v) is 8.20. The fraction of sp³-hybridized carbons (Fsp3) is 0.292. The Morgan fingerprint density at radius 3 is 2.65 bits per heavy atom. The molecule has 1 amide bonds. The summed E-state index contributed by atoms with van der Waals surface area (Å²) < 4.78 is 5.38. The van der Waals surface area contributed by atoms with E-state index in [2.05, 4.69) is 20.4 Å². The number of nitrogens with zero attached hydrogens (tertiary/aromatic N) is 3. The molecular formula is C24H25ClN4O2. The fourth-order valence-corrected chi connectivity index (χ4v) is 3.95. The molecule has 1 fully saturated rings. The molecule has 1 aliphatic heterocycles. The maximum atomic E-state index is 13.0. The average molecular weight is 437 g/mol. The van der Waals surface area contributed by atoms with Gasteiger partial charge in [0, 0.05) is 23.7 Å². The molecule has 31 heavy (non-hydrogen) atoms. The Labute approximate surface area is 187 Å². The molecule has 0 aliphatic carbocycles. The number of anilines is 2. The fourth-order valence-electron chi connectivity index (χ4n) is 3.82. The number of ether oxygens (including phenoxy) is 1. The van der Waals surface area contributed by atoms with Crippen molar-refractivity contribution in [2.45, 2.75) is 19.8 Å². The van der Waals surface area contributed by atoms with Gasteiger partial charge in [-0.2, -0.15) is 0 Å². The number of aromatic nitrogens is 2. The average Bonchev–Trinajstić information content (AvgIpc) is 2.80. The molecule has 6 nitrogen and oxygen atoms in total. The van der Waals surface area contributed by atoms with E-state index in [9.17, 15) is 4.79 Å². The molecule has 1 saturated heterocycles. The first-order valence-electron chi connectivity index (χ1n) is 10.3. The van der Waals surface area contributed by atoms with Crippen LogP contribution in [0.5, 0.6) is 5.75 Å². The van der Waals surface area contributed by atoms with Gasteiger partial charge in [-0.05, 0) is 61.7 Å². The van der Waals surface area contributed by atoms with E-state index in [0.717, 1.165) is 42.0 Å². The lowest BCUT2D eigenvalue weighted by molar-refractivity contribution is -0.120. The number of amides is 1. The standard InChI is InChI=1S/C24H25ClN4O2/c1-16-5-11-22(31-2)21(14-16)26-24(30)18-4-3-13-29(15-18)23-12-10-20(27-28-23)17-6-8-19(25)9-7-17/h5-12,14,18H,3-4,13,15H2,1-2H3,(H,26,30). The molecule has 0 radical (unpaired) electrons. The van der Waals surface area contributed by atoms with E-state index < -0.39 is 0 Å². The van der Waals surface area contributed by atoms with E-state index in [1.165, 1.54) is 0 Å². The van der Waals surface area contributed by atoms with Crippen LogP contribution in [-0.4, -0.2) is 36.3 Å². The Hall–Kier alpha value is -3.12. The van der Waals surface area contributed by atoms with Crippen molar-refractivity contribution in [3.63, 3.8) is 0 Å². The SMILES string of the molecule is COc1ccc(C)cc1NC(=O)C1CCCN(c2ccc(-c3ccc(Cl)cc3)nn2)C1. The van der Waals surface area contributed by atoms with Crippen molar-refractivity contribution in [2.24, 2.45) is 5.92 Å². The molecule has 1 unspecified atom stereocenters. The van der Waals surface area contributed by atoms with Crippen LogP contribution >= 0.6 is 11.6 Å². The molecule has 4 rings (SSSR count). The normalized spacial score (nSPS) is 16.1. The molecular weight excluding hydrogens is 412 g/mol. The summed E-state index contributed by atoms with van der Waals surface area (Å²) in [5, 5.41) is 12.5. The summed E-state index contributed by atoms with van der Waals surface area (Å²) in [5.41, 5.74) is 3.53. The van der Waals surface area contributed by atoms with Crippen LogP contribution in [0.3, 0.4) is 0 Å². The maximum Gasteiger partial charge on any atom is 0.229 e. The highest BCUT2D eigenvalue weighted by Gasteiger charge is 2.27. The second-order valence-electron chi connectivity index (χ2n) is 7.76. The van der Waals surface area contributed by atoms with E-state index in [-0.39, 0.29) is 11.8 Å². The summed E-state index contributed by atoms with van der Waals surface area (Å²) in [6, 6.07) is 17.2. The van der Waals surface area contributed by atoms with Crippen LogP contribution in [0.4, 0.5) is 11.5 Å². The molecule has 3 aromatic rings. The second kappa shape index (κ2) is 9.35. The van der Waals surface area contributed by atoms with E-state index in [4.69, 9.17) is 16.3 Å². The van der Waals surface area contributed by atoms with Crippen molar-refractivity contribution in [3.8, 4) is 17.0 Å². The molecule has 1 N–H and O–H groups in total. The van der Waals surface area contributed by atoms with Gasteiger partial charge in [0.2, 0.25) is 5.91 Å². The number of carbonyl (C=O) groups excluding carboxylic acids is 1. The number of piperidine rings is 1. The smallest absolute Gasteiger partial charge is 0.229 e. The van der Waals surface area contributed by atoms with Crippen LogP contribution in [0.2, 0.25) is 5.02 Å². The molecule has 0 spiro atoms. The summed E-state index contributed by atoms with van der Waals surface area (Å²) >= 11 is 5.96. The molecule has 0 saturated carbocycles. The first-order chi connectivity index (χ1) is 15.0. The predicted octanol–water partition coefficient (Wildman–Crippen LogP) is 4.97. The third kappa shape index (κ3) is 4.97. The predicted molar refractivity (Wildman–Crippen MR) is 124 cm³/mol. The number of halogens is 1. The van der Waals surface area contributed by atoms with Gasteiger partial charge in [0.15, 0.2) is 5.82 Å². The molecule has 1 atom stereocenters. The summed E-state index contributed by atoms with van der Waals surface area (Å²) in [6.07, 6.45) is 1.76. The highest BCUT2D eigenvalue weighted by atomic mass is 35.5. The van der Waals surface area contributed by atoms with Gasteiger partial charge < -0.3 is 15.0 Å². The highest BCUT2D eigenvalue weighted by Crippen LogP contribution is 2.28. The number of benzene rings is 2. The quantitative estimate of drug-likeness (QED) is 0.611. The Morgan fingerprint density at radius 1 is 1.13 bits per heavy atom. The van der Waals surface area contributed by atoms with Gasteiger partial charge >= 0.3 is 0 Å². The molecule has 2 aromatic carbocycles. The van der Waals surface area contributed by atoms with E-state index in [1.54, 1.807) is 7.11 Å². The van der Waals surface area contributed by atoms with Crippen LogP contribution in [0.25, 0.3) is 11.3 Å². The molecule has 160 valence electrons. The number of rotatable bonds is 5. The minimum absolute atomic E-state index is 0.000608. The van der Waals surface area contributed by atoms with E-state index in [0.29, 0.717) is 23.0 Å². The minimum Gasteiger partial charge on any atom is -0.495 e. The Kier molecular flexibility index (Phi) is 6.37. The molecule has 2 heterocycles. The summed E-state index contributed by atoms with van der Waals surface area (Å²) in [5.74, 6) is 1.31. The van der Waals surface area contributed by atoms with Gasteiger partial charge in [-0.1, -0.05) is 29.8 Å². The zero-order valence-corrected chi connectivity index (χ0v) is 18.4. The molecule has 1 aliphatic rings. The van der Waals surface area contributed by atoms with Gasteiger partial charge in [0.25, 0.3) is 0 Å². The maximum absolute atomic E-state index is 13.0. The Bertz CT molecular complexity index is 1050. The third-order valence-corrected chi connectivity index (χ3v) is 5.77. The number of hydrogen-bond donors (Lipinski definition) is 1. The van der Waals surface area contributed by atoms with Crippen molar-refractivity contribution < 1.29 is 9.53 Å². The lowest BCUT2D eigenvalue weighted by Crippen LogP contribution is -2.41. The lowest BCUT2D eigenvalue weighted by Gasteiger charge is -2.32. The van der Waals surface area contributed by atoms with Gasteiger partial charge in [-0.15, -0.1) is 10.2 Å². The van der Waals surface area contributed by atoms with Crippen LogP contribution < -0.4 is 15.0 Å². The van der Waals surface area contributed by atoms with Crippen LogP contribution in [0, 0.1) is 12.8 Å². The number of carbonyl (C=O) groups is 1. The van der Waals surface area contributed by atoms with Crippen molar-refractivity contribution in [2.75, 3.05) is 30.4 Å². The molecule has 7 heteroatoms. The highest BCUT2D eigenvalue weighted by molar-refractivity contribution is 6.30. The van der Waals surface area contributed by atoms with Crippen molar-refractivity contribution >= 4 is 29.0 Å². The molecule has 0 bridgehead atoms. The van der Waals surface area contributed by atoms with Crippen molar-refractivity contribution in [3.05, 3.63) is 65.2 Å². The number of hydrogen-bond acceptors (Lipinski definition) is 5. The van der Waals surface area contributed by atoms with Crippen molar-refractivity contribution in [1.82, 2.24) is 10.2 Å². The first-order valence-corrected chi connectivity index (χ1v) is 10.7.